The highest BCUT2D eigenvalue weighted by Gasteiger charge is 2.33. The van der Waals surface area contributed by atoms with Gasteiger partial charge in [0.1, 0.15) is 12.2 Å². The lowest BCUT2D eigenvalue weighted by Gasteiger charge is -2.34. The molecule has 0 saturated heterocycles. The van der Waals surface area contributed by atoms with Crippen molar-refractivity contribution in [3.63, 3.8) is 0 Å². The highest BCUT2D eigenvalue weighted by Crippen LogP contribution is 2.15. The smallest absolute Gasteiger partial charge is 0.101 e. The van der Waals surface area contributed by atoms with Crippen molar-refractivity contribution in [3.05, 3.63) is 83.9 Å². The van der Waals surface area contributed by atoms with Crippen LogP contribution in [0.5, 0.6) is 0 Å². The summed E-state index contributed by atoms with van der Waals surface area (Å²) in [4.78, 5) is 0. The standard InChI is InChI=1S/C20H24N2O2.2ClH/c23-19-17(21-13-15-7-3-1-4-8-15)11-12-18(20(19)24)22-14-16-9-5-2-6-10-16;;/h1-12,17-24H,13-14H2;2*1H/t17-,18-,19+,20+;;/m1../s1. The van der Waals surface area contributed by atoms with Gasteiger partial charge in [-0.3, -0.25) is 0 Å². The molecule has 0 aliphatic heterocycles. The quantitative estimate of drug-likeness (QED) is 0.566. The third kappa shape index (κ3) is 6.09. The van der Waals surface area contributed by atoms with Crippen LogP contribution >= 0.6 is 24.8 Å². The van der Waals surface area contributed by atoms with Crippen LogP contribution in [0.3, 0.4) is 0 Å². The van der Waals surface area contributed by atoms with E-state index in [1.807, 2.05) is 72.8 Å². The van der Waals surface area contributed by atoms with Gasteiger partial charge in [-0.2, -0.15) is 0 Å². The topological polar surface area (TPSA) is 64.5 Å². The van der Waals surface area contributed by atoms with E-state index in [-0.39, 0.29) is 36.9 Å². The van der Waals surface area contributed by atoms with Crippen molar-refractivity contribution in [2.24, 2.45) is 0 Å². The van der Waals surface area contributed by atoms with Crippen LogP contribution in [0.25, 0.3) is 0 Å². The van der Waals surface area contributed by atoms with E-state index in [1.54, 1.807) is 0 Å². The van der Waals surface area contributed by atoms with Crippen molar-refractivity contribution in [1.82, 2.24) is 10.6 Å². The van der Waals surface area contributed by atoms with Gasteiger partial charge >= 0.3 is 0 Å². The molecule has 0 aromatic heterocycles. The number of nitrogens with one attached hydrogen (secondary N) is 2. The van der Waals surface area contributed by atoms with Crippen molar-refractivity contribution in [1.29, 1.82) is 0 Å². The number of rotatable bonds is 6. The zero-order chi connectivity index (χ0) is 16.8. The molecule has 1 aliphatic rings. The predicted molar refractivity (Wildman–Crippen MR) is 110 cm³/mol. The van der Waals surface area contributed by atoms with E-state index in [1.165, 1.54) is 0 Å². The molecule has 1 aliphatic carbocycles. The van der Waals surface area contributed by atoms with Gasteiger partial charge in [0.25, 0.3) is 0 Å². The van der Waals surface area contributed by atoms with E-state index in [0.717, 1.165) is 11.1 Å². The fourth-order valence-electron chi connectivity index (χ4n) is 2.93. The molecule has 3 rings (SSSR count). The van der Waals surface area contributed by atoms with E-state index in [2.05, 4.69) is 10.6 Å². The highest BCUT2D eigenvalue weighted by atomic mass is 35.5. The Morgan fingerprint density at radius 3 is 1.31 bits per heavy atom. The van der Waals surface area contributed by atoms with Crippen LogP contribution < -0.4 is 10.6 Å². The normalized spacial score (nSPS) is 24.4. The van der Waals surface area contributed by atoms with Gasteiger partial charge in [0.2, 0.25) is 0 Å². The Hall–Kier alpha value is -1.40. The molecule has 0 saturated carbocycles. The molecule has 26 heavy (non-hydrogen) atoms. The lowest BCUT2D eigenvalue weighted by atomic mass is 9.92. The maximum atomic E-state index is 10.4. The maximum absolute atomic E-state index is 10.4. The van der Waals surface area contributed by atoms with Crippen LogP contribution in [0.2, 0.25) is 0 Å². The van der Waals surface area contributed by atoms with Gasteiger partial charge in [-0.05, 0) is 11.1 Å². The Kier molecular flexibility index (Phi) is 9.88. The summed E-state index contributed by atoms with van der Waals surface area (Å²) in [5, 5.41) is 27.3. The molecule has 4 N–H and O–H groups in total. The molecule has 0 amide bonds. The largest absolute Gasteiger partial charge is 0.388 e. The van der Waals surface area contributed by atoms with Crippen molar-refractivity contribution >= 4 is 24.8 Å². The minimum Gasteiger partial charge on any atom is -0.388 e. The monoisotopic (exact) mass is 396 g/mol. The first-order chi connectivity index (χ1) is 11.7. The summed E-state index contributed by atoms with van der Waals surface area (Å²) in [6.45, 7) is 1.31. The molecule has 2 aromatic rings. The first-order valence-corrected chi connectivity index (χ1v) is 8.33. The summed E-state index contributed by atoms with van der Waals surface area (Å²) >= 11 is 0. The molecular formula is C20H26Cl2N2O2. The molecule has 6 heteroatoms. The minimum absolute atomic E-state index is 0. The van der Waals surface area contributed by atoms with Crippen LogP contribution in [0.15, 0.2) is 72.8 Å². The Labute approximate surface area is 167 Å². The van der Waals surface area contributed by atoms with Crippen LogP contribution in [0, 0.1) is 0 Å². The van der Waals surface area contributed by atoms with Crippen LogP contribution in [-0.4, -0.2) is 34.5 Å². The zero-order valence-corrected chi connectivity index (χ0v) is 16.0. The Morgan fingerprint density at radius 1 is 0.615 bits per heavy atom. The van der Waals surface area contributed by atoms with Crippen molar-refractivity contribution in [2.75, 3.05) is 0 Å². The summed E-state index contributed by atoms with van der Waals surface area (Å²) in [6, 6.07) is 19.5. The fourth-order valence-corrected chi connectivity index (χ4v) is 2.93. The molecule has 0 unspecified atom stereocenters. The van der Waals surface area contributed by atoms with Gasteiger partial charge in [0.15, 0.2) is 0 Å². The first kappa shape index (κ1) is 22.6. The molecule has 4 atom stereocenters. The van der Waals surface area contributed by atoms with Crippen LogP contribution in [0.4, 0.5) is 0 Å². The SMILES string of the molecule is Cl.Cl.O[C@@H]1[C@@H](O)[C@H](NCc2ccccc2)C=C[C@H]1NCc1ccccc1. The molecule has 0 spiro atoms. The van der Waals surface area contributed by atoms with E-state index in [0.29, 0.717) is 13.1 Å². The summed E-state index contributed by atoms with van der Waals surface area (Å²) < 4.78 is 0. The molecule has 0 heterocycles. The summed E-state index contributed by atoms with van der Waals surface area (Å²) in [5.74, 6) is 0. The molecule has 0 fully saturated rings. The summed E-state index contributed by atoms with van der Waals surface area (Å²) in [5.41, 5.74) is 2.30. The molecule has 0 bridgehead atoms. The second kappa shape index (κ2) is 11.3. The van der Waals surface area contributed by atoms with Gasteiger partial charge < -0.3 is 20.8 Å². The highest BCUT2D eigenvalue weighted by molar-refractivity contribution is 5.85. The molecule has 142 valence electrons. The van der Waals surface area contributed by atoms with E-state index >= 15 is 0 Å². The van der Waals surface area contributed by atoms with E-state index in [4.69, 9.17) is 0 Å². The Bertz CT molecular complexity index is 598. The molecule has 4 nitrogen and oxygen atoms in total. The third-order valence-corrected chi connectivity index (χ3v) is 4.38. The number of benzene rings is 2. The number of aliphatic hydroxyl groups excluding tert-OH is 2. The Morgan fingerprint density at radius 2 is 0.962 bits per heavy atom. The van der Waals surface area contributed by atoms with Crippen LogP contribution in [-0.2, 0) is 13.1 Å². The van der Waals surface area contributed by atoms with Gasteiger partial charge in [-0.1, -0.05) is 72.8 Å². The number of aliphatic hydroxyl groups is 2. The zero-order valence-electron chi connectivity index (χ0n) is 14.4. The van der Waals surface area contributed by atoms with Crippen molar-refractivity contribution < 1.29 is 10.2 Å². The van der Waals surface area contributed by atoms with Gasteiger partial charge in [0, 0.05) is 13.1 Å². The van der Waals surface area contributed by atoms with Gasteiger partial charge in [0.05, 0.1) is 12.1 Å². The lowest BCUT2D eigenvalue weighted by molar-refractivity contribution is -0.0134. The Balaban J connectivity index is 0.00000169. The average Bonchev–Trinajstić information content (AvgIpc) is 2.64. The first-order valence-electron chi connectivity index (χ1n) is 8.33. The molecule has 2 aromatic carbocycles. The summed E-state index contributed by atoms with van der Waals surface area (Å²) in [6.07, 6.45) is 2.19. The average molecular weight is 397 g/mol. The fraction of sp³-hybridized carbons (Fsp3) is 0.300. The lowest BCUT2D eigenvalue weighted by Crippen LogP contribution is -2.55. The number of hydrogen-bond donors (Lipinski definition) is 4. The van der Waals surface area contributed by atoms with Gasteiger partial charge in [-0.25, -0.2) is 0 Å². The summed E-state index contributed by atoms with van der Waals surface area (Å²) in [7, 11) is 0. The van der Waals surface area contributed by atoms with Gasteiger partial charge in [-0.15, -0.1) is 24.8 Å². The maximum Gasteiger partial charge on any atom is 0.101 e. The van der Waals surface area contributed by atoms with E-state index < -0.39 is 12.2 Å². The molecule has 0 radical (unpaired) electrons. The third-order valence-electron chi connectivity index (χ3n) is 4.38. The number of hydrogen-bond acceptors (Lipinski definition) is 4. The predicted octanol–water partition coefficient (Wildman–Crippen LogP) is 2.44. The van der Waals surface area contributed by atoms with Crippen LogP contribution in [0.1, 0.15) is 11.1 Å². The second-order valence-electron chi connectivity index (χ2n) is 6.15. The van der Waals surface area contributed by atoms with E-state index in [9.17, 15) is 10.2 Å². The molecular weight excluding hydrogens is 371 g/mol. The number of halogens is 2. The minimum atomic E-state index is -0.841. The van der Waals surface area contributed by atoms with Crippen molar-refractivity contribution in [3.8, 4) is 0 Å². The second-order valence-corrected chi connectivity index (χ2v) is 6.15. The van der Waals surface area contributed by atoms with Crippen molar-refractivity contribution in [2.45, 2.75) is 37.4 Å².